The number of nitrogens with zero attached hydrogens (tertiary/aromatic N) is 2. The van der Waals surface area contributed by atoms with Gasteiger partial charge in [0.25, 0.3) is 0 Å². The maximum Gasteiger partial charge on any atom is 0.0662 e. The predicted molar refractivity (Wildman–Crippen MR) is 86.7 cm³/mol. The largest absolute Gasteiger partial charge is 0.313 e. The second-order valence-electron chi connectivity index (χ2n) is 6.31. The van der Waals surface area contributed by atoms with Gasteiger partial charge in [0.2, 0.25) is 0 Å². The molecule has 1 saturated carbocycles. The van der Waals surface area contributed by atoms with Crippen molar-refractivity contribution >= 4 is 0 Å². The maximum absolute atomic E-state index is 4.76. The summed E-state index contributed by atoms with van der Waals surface area (Å²) < 4.78 is 2.15. The minimum atomic E-state index is 0.523. The molecule has 1 unspecified atom stereocenters. The molecule has 1 aromatic carbocycles. The van der Waals surface area contributed by atoms with Crippen LogP contribution in [0.15, 0.2) is 30.3 Å². The molecule has 0 aliphatic heterocycles. The van der Waals surface area contributed by atoms with Crippen molar-refractivity contribution in [3.05, 3.63) is 52.8 Å². The van der Waals surface area contributed by atoms with Crippen molar-refractivity contribution in [2.45, 2.75) is 52.1 Å². The fraction of sp³-hybridized carbons (Fsp3) is 0.500. The van der Waals surface area contributed by atoms with Crippen LogP contribution < -0.4 is 5.32 Å². The van der Waals surface area contributed by atoms with Crippen LogP contribution in [0.2, 0.25) is 0 Å². The Bertz CT molecular complexity index is 596. The van der Waals surface area contributed by atoms with Crippen LogP contribution in [-0.4, -0.2) is 22.4 Å². The van der Waals surface area contributed by atoms with Gasteiger partial charge < -0.3 is 5.32 Å². The molecule has 1 aliphatic rings. The van der Waals surface area contributed by atoms with Gasteiger partial charge in [-0.15, -0.1) is 0 Å². The van der Waals surface area contributed by atoms with Crippen molar-refractivity contribution in [1.29, 1.82) is 0 Å². The van der Waals surface area contributed by atoms with E-state index in [9.17, 15) is 0 Å². The zero-order valence-corrected chi connectivity index (χ0v) is 13.3. The van der Waals surface area contributed by atoms with Crippen molar-refractivity contribution in [1.82, 2.24) is 15.1 Å². The number of aryl methyl sites for hydroxylation is 1. The molecule has 1 heterocycles. The highest BCUT2D eigenvalue weighted by atomic mass is 15.3. The lowest BCUT2D eigenvalue weighted by molar-refractivity contribution is 0.605. The monoisotopic (exact) mass is 283 g/mol. The summed E-state index contributed by atoms with van der Waals surface area (Å²) in [5.41, 5.74) is 5.20. The molecule has 1 N–H and O–H groups in total. The molecule has 2 aromatic rings. The van der Waals surface area contributed by atoms with Gasteiger partial charge in [-0.2, -0.15) is 5.10 Å². The number of rotatable bonds is 6. The minimum absolute atomic E-state index is 0.523. The van der Waals surface area contributed by atoms with Crippen LogP contribution >= 0.6 is 0 Å². The standard InChI is InChI=1S/C18H25N3/c1-13(11-19-17-9-10-17)18-14(2)20-21(15(18)3)12-16-7-5-4-6-8-16/h4-8,13,17,19H,9-12H2,1-3H3. The number of benzene rings is 1. The molecular formula is C18H25N3. The molecule has 21 heavy (non-hydrogen) atoms. The molecule has 3 heteroatoms. The van der Waals surface area contributed by atoms with Gasteiger partial charge in [-0.1, -0.05) is 37.3 Å². The molecule has 0 amide bonds. The predicted octanol–water partition coefficient (Wildman–Crippen LogP) is 3.40. The zero-order valence-electron chi connectivity index (χ0n) is 13.3. The van der Waals surface area contributed by atoms with E-state index in [1.165, 1.54) is 35.4 Å². The van der Waals surface area contributed by atoms with Crippen LogP contribution in [0.3, 0.4) is 0 Å². The van der Waals surface area contributed by atoms with Crippen LogP contribution in [0, 0.1) is 13.8 Å². The van der Waals surface area contributed by atoms with Gasteiger partial charge in [-0.3, -0.25) is 4.68 Å². The molecule has 1 atom stereocenters. The fourth-order valence-electron chi connectivity index (χ4n) is 3.07. The molecule has 1 fully saturated rings. The molecular weight excluding hydrogens is 258 g/mol. The summed E-state index contributed by atoms with van der Waals surface area (Å²) in [7, 11) is 0. The van der Waals surface area contributed by atoms with E-state index < -0.39 is 0 Å². The van der Waals surface area contributed by atoms with Gasteiger partial charge in [-0.25, -0.2) is 0 Å². The van der Waals surface area contributed by atoms with E-state index in [0.717, 1.165) is 19.1 Å². The highest BCUT2D eigenvalue weighted by Crippen LogP contribution is 2.25. The van der Waals surface area contributed by atoms with E-state index >= 15 is 0 Å². The van der Waals surface area contributed by atoms with Gasteiger partial charge in [-0.05, 0) is 38.2 Å². The van der Waals surface area contributed by atoms with Crippen LogP contribution in [0.5, 0.6) is 0 Å². The Labute approximate surface area is 127 Å². The quantitative estimate of drug-likeness (QED) is 0.880. The second-order valence-corrected chi connectivity index (χ2v) is 6.31. The average molecular weight is 283 g/mol. The lowest BCUT2D eigenvalue weighted by atomic mass is 9.99. The smallest absolute Gasteiger partial charge is 0.0662 e. The highest BCUT2D eigenvalue weighted by Gasteiger charge is 2.23. The molecule has 0 saturated heterocycles. The summed E-state index contributed by atoms with van der Waals surface area (Å²) in [6.07, 6.45) is 2.69. The Hall–Kier alpha value is -1.61. The maximum atomic E-state index is 4.76. The molecule has 0 bridgehead atoms. The molecule has 3 nitrogen and oxygen atoms in total. The first-order valence-electron chi connectivity index (χ1n) is 7.96. The summed E-state index contributed by atoms with van der Waals surface area (Å²) in [6.45, 7) is 8.56. The van der Waals surface area contributed by atoms with E-state index in [4.69, 9.17) is 5.10 Å². The first kappa shape index (κ1) is 14.3. The van der Waals surface area contributed by atoms with Crippen LogP contribution in [0.4, 0.5) is 0 Å². The number of hydrogen-bond acceptors (Lipinski definition) is 2. The molecule has 1 aromatic heterocycles. The minimum Gasteiger partial charge on any atom is -0.313 e. The summed E-state index contributed by atoms with van der Waals surface area (Å²) in [5.74, 6) is 0.523. The van der Waals surface area contributed by atoms with Crippen LogP contribution in [0.25, 0.3) is 0 Å². The van der Waals surface area contributed by atoms with Crippen molar-refractivity contribution in [3.63, 3.8) is 0 Å². The van der Waals surface area contributed by atoms with Crippen LogP contribution in [0.1, 0.15) is 48.2 Å². The van der Waals surface area contributed by atoms with E-state index in [0.29, 0.717) is 5.92 Å². The lowest BCUT2D eigenvalue weighted by Gasteiger charge is -2.13. The summed E-state index contributed by atoms with van der Waals surface area (Å²) in [6, 6.07) is 11.3. The van der Waals surface area contributed by atoms with E-state index in [2.05, 4.69) is 61.1 Å². The molecule has 1 aliphatic carbocycles. The van der Waals surface area contributed by atoms with Gasteiger partial charge in [0.05, 0.1) is 12.2 Å². The summed E-state index contributed by atoms with van der Waals surface area (Å²) in [4.78, 5) is 0. The van der Waals surface area contributed by atoms with Crippen molar-refractivity contribution in [2.75, 3.05) is 6.54 Å². The second kappa shape index (κ2) is 6.02. The van der Waals surface area contributed by atoms with Gasteiger partial charge in [0, 0.05) is 23.8 Å². The topological polar surface area (TPSA) is 29.9 Å². The Morgan fingerprint density at radius 3 is 2.62 bits per heavy atom. The molecule has 0 spiro atoms. The Kier molecular flexibility index (Phi) is 4.11. The summed E-state index contributed by atoms with van der Waals surface area (Å²) >= 11 is 0. The van der Waals surface area contributed by atoms with E-state index in [-0.39, 0.29) is 0 Å². The first-order valence-corrected chi connectivity index (χ1v) is 7.96. The SMILES string of the molecule is Cc1nn(Cc2ccccc2)c(C)c1C(C)CNC1CC1. The van der Waals surface area contributed by atoms with Gasteiger partial charge in [0.1, 0.15) is 0 Å². The number of aromatic nitrogens is 2. The van der Waals surface area contributed by atoms with E-state index in [1.807, 2.05) is 0 Å². The Morgan fingerprint density at radius 2 is 1.95 bits per heavy atom. The summed E-state index contributed by atoms with van der Waals surface area (Å²) in [5, 5.41) is 8.39. The normalized spacial score (nSPS) is 16.1. The third-order valence-electron chi connectivity index (χ3n) is 4.40. The Morgan fingerprint density at radius 1 is 1.24 bits per heavy atom. The molecule has 112 valence electrons. The lowest BCUT2D eigenvalue weighted by Crippen LogP contribution is -2.22. The van der Waals surface area contributed by atoms with Crippen molar-refractivity contribution < 1.29 is 0 Å². The first-order chi connectivity index (χ1) is 10.1. The highest BCUT2D eigenvalue weighted by molar-refractivity contribution is 5.29. The molecule has 3 rings (SSSR count). The van der Waals surface area contributed by atoms with Gasteiger partial charge >= 0.3 is 0 Å². The third kappa shape index (κ3) is 3.35. The van der Waals surface area contributed by atoms with Crippen molar-refractivity contribution in [3.8, 4) is 0 Å². The third-order valence-corrected chi connectivity index (χ3v) is 4.40. The Balaban J connectivity index is 1.75. The number of nitrogens with one attached hydrogen (secondary N) is 1. The molecule has 0 radical (unpaired) electrons. The average Bonchev–Trinajstić information content (AvgIpc) is 3.25. The number of hydrogen-bond donors (Lipinski definition) is 1. The van der Waals surface area contributed by atoms with Crippen molar-refractivity contribution in [2.24, 2.45) is 0 Å². The zero-order chi connectivity index (χ0) is 14.8. The van der Waals surface area contributed by atoms with Gasteiger partial charge in [0.15, 0.2) is 0 Å². The fourth-order valence-corrected chi connectivity index (χ4v) is 3.07. The van der Waals surface area contributed by atoms with E-state index in [1.54, 1.807) is 0 Å². The van der Waals surface area contributed by atoms with Crippen LogP contribution in [-0.2, 0) is 6.54 Å².